The van der Waals surface area contributed by atoms with Gasteiger partial charge in [0, 0.05) is 6.07 Å². The lowest BCUT2D eigenvalue weighted by Crippen LogP contribution is -2.28. The first-order chi connectivity index (χ1) is 8.99. The number of nitrogens with one attached hydrogen (secondary N) is 2. The minimum Gasteiger partial charge on any atom is -0.342 e. The van der Waals surface area contributed by atoms with Crippen molar-refractivity contribution in [3.05, 3.63) is 40.7 Å². The van der Waals surface area contributed by atoms with E-state index in [1.807, 2.05) is 0 Å². The fourth-order valence-corrected chi connectivity index (χ4v) is 1.52. The van der Waals surface area contributed by atoms with Crippen molar-refractivity contribution in [1.29, 1.82) is 0 Å². The van der Waals surface area contributed by atoms with Crippen LogP contribution in [0.25, 0.3) is 0 Å². The van der Waals surface area contributed by atoms with Crippen LogP contribution in [-0.4, -0.2) is 26.5 Å². The smallest absolute Gasteiger partial charge is 0.254 e. The molecule has 1 heterocycles. The van der Waals surface area contributed by atoms with Gasteiger partial charge in [0.1, 0.15) is 11.6 Å². The van der Waals surface area contributed by atoms with Gasteiger partial charge in [-0.3, -0.25) is 4.79 Å². The summed E-state index contributed by atoms with van der Waals surface area (Å²) in [5.74, 6) is -2.01. The molecule has 1 aromatic carbocycles. The number of aromatic nitrogens is 4. The van der Waals surface area contributed by atoms with Crippen LogP contribution in [0.2, 0.25) is 0 Å². The van der Waals surface area contributed by atoms with Crippen molar-refractivity contribution in [2.75, 3.05) is 0 Å². The van der Waals surface area contributed by atoms with Crippen LogP contribution >= 0.6 is 0 Å². The zero-order valence-electron chi connectivity index (χ0n) is 10.2. The highest BCUT2D eigenvalue weighted by Gasteiger charge is 2.18. The summed E-state index contributed by atoms with van der Waals surface area (Å²) in [5.41, 5.74) is -0.0343. The summed E-state index contributed by atoms with van der Waals surface area (Å²) in [7, 11) is 0. The SMILES string of the molecule is Cc1cc(C(=O)NC(C)c2nn[nH]n2)c(F)cc1F. The van der Waals surface area contributed by atoms with Crippen LogP contribution in [0.4, 0.5) is 8.78 Å². The molecule has 0 aliphatic heterocycles. The lowest BCUT2D eigenvalue weighted by atomic mass is 10.1. The van der Waals surface area contributed by atoms with Gasteiger partial charge in [0.05, 0.1) is 11.6 Å². The molecule has 2 rings (SSSR count). The number of hydrogen-bond donors (Lipinski definition) is 2. The molecule has 0 bridgehead atoms. The second-order valence-corrected chi connectivity index (χ2v) is 4.05. The summed E-state index contributed by atoms with van der Waals surface area (Å²) >= 11 is 0. The number of nitrogens with zero attached hydrogens (tertiary/aromatic N) is 3. The van der Waals surface area contributed by atoms with Gasteiger partial charge in [-0.15, -0.1) is 10.2 Å². The highest BCUT2D eigenvalue weighted by molar-refractivity contribution is 5.94. The number of aryl methyl sites for hydroxylation is 1. The third-order valence-corrected chi connectivity index (χ3v) is 2.59. The van der Waals surface area contributed by atoms with Crippen LogP contribution in [0.3, 0.4) is 0 Å². The second kappa shape index (κ2) is 5.09. The van der Waals surface area contributed by atoms with E-state index < -0.39 is 23.6 Å². The Bertz CT molecular complexity index is 599. The van der Waals surface area contributed by atoms with Crippen molar-refractivity contribution in [2.24, 2.45) is 0 Å². The molecule has 0 radical (unpaired) electrons. The number of carbonyl (C=O) groups is 1. The van der Waals surface area contributed by atoms with E-state index in [0.29, 0.717) is 6.07 Å². The number of H-pyrrole nitrogens is 1. The van der Waals surface area contributed by atoms with Gasteiger partial charge in [-0.2, -0.15) is 5.21 Å². The van der Waals surface area contributed by atoms with E-state index in [9.17, 15) is 13.6 Å². The normalized spacial score (nSPS) is 12.2. The van der Waals surface area contributed by atoms with E-state index >= 15 is 0 Å². The predicted molar refractivity (Wildman–Crippen MR) is 61.2 cm³/mol. The molecular formula is C11H11F2N5O. The first-order valence-electron chi connectivity index (χ1n) is 5.49. The Balaban J connectivity index is 2.19. The summed E-state index contributed by atoms with van der Waals surface area (Å²) < 4.78 is 26.6. The number of hydrogen-bond acceptors (Lipinski definition) is 4. The summed E-state index contributed by atoms with van der Waals surface area (Å²) in [6, 6.07) is 1.29. The molecule has 0 aliphatic carbocycles. The summed E-state index contributed by atoms with van der Waals surface area (Å²) in [6.07, 6.45) is 0. The number of amides is 1. The predicted octanol–water partition coefficient (Wildman–Crippen LogP) is 1.28. The Morgan fingerprint density at radius 2 is 2.11 bits per heavy atom. The summed E-state index contributed by atoms with van der Waals surface area (Å²) in [5, 5.41) is 15.5. The fraction of sp³-hybridized carbons (Fsp3) is 0.273. The number of halogens is 2. The fourth-order valence-electron chi connectivity index (χ4n) is 1.52. The summed E-state index contributed by atoms with van der Waals surface area (Å²) in [4.78, 5) is 11.9. The van der Waals surface area contributed by atoms with Gasteiger partial charge in [0.25, 0.3) is 5.91 Å². The van der Waals surface area contributed by atoms with Crippen LogP contribution in [0.15, 0.2) is 12.1 Å². The standard InChI is InChI=1S/C11H11F2N5O/c1-5-3-7(9(13)4-8(5)12)11(19)14-6(2)10-15-17-18-16-10/h3-4,6H,1-2H3,(H,14,19)(H,15,16,17,18). The monoisotopic (exact) mass is 267 g/mol. The highest BCUT2D eigenvalue weighted by atomic mass is 19.1. The molecule has 0 spiro atoms. The van der Waals surface area contributed by atoms with Crippen LogP contribution in [0.5, 0.6) is 0 Å². The molecule has 0 aliphatic rings. The van der Waals surface area contributed by atoms with E-state index in [4.69, 9.17) is 0 Å². The average molecular weight is 267 g/mol. The molecule has 100 valence electrons. The largest absolute Gasteiger partial charge is 0.342 e. The van der Waals surface area contributed by atoms with Gasteiger partial charge >= 0.3 is 0 Å². The van der Waals surface area contributed by atoms with E-state index in [-0.39, 0.29) is 17.0 Å². The first kappa shape index (κ1) is 13.1. The quantitative estimate of drug-likeness (QED) is 0.877. The van der Waals surface area contributed by atoms with Crippen molar-refractivity contribution < 1.29 is 13.6 Å². The van der Waals surface area contributed by atoms with Crippen LogP contribution in [0, 0.1) is 18.6 Å². The molecule has 1 amide bonds. The third-order valence-electron chi connectivity index (χ3n) is 2.59. The zero-order chi connectivity index (χ0) is 14.0. The topological polar surface area (TPSA) is 83.6 Å². The maximum Gasteiger partial charge on any atom is 0.254 e. The minimum atomic E-state index is -0.916. The Hall–Kier alpha value is -2.38. The average Bonchev–Trinajstić information content (AvgIpc) is 2.87. The van der Waals surface area contributed by atoms with E-state index in [1.54, 1.807) is 6.92 Å². The molecule has 1 atom stereocenters. The maximum absolute atomic E-state index is 13.5. The molecular weight excluding hydrogens is 256 g/mol. The third kappa shape index (κ3) is 2.72. The van der Waals surface area contributed by atoms with Crippen molar-refractivity contribution in [1.82, 2.24) is 25.9 Å². The first-order valence-corrected chi connectivity index (χ1v) is 5.49. The van der Waals surface area contributed by atoms with Crippen molar-refractivity contribution >= 4 is 5.91 Å². The molecule has 2 N–H and O–H groups in total. The van der Waals surface area contributed by atoms with Gasteiger partial charge in [0.2, 0.25) is 0 Å². The Kier molecular flexibility index (Phi) is 3.50. The molecule has 6 nitrogen and oxygen atoms in total. The van der Waals surface area contributed by atoms with E-state index in [0.717, 1.165) is 6.07 Å². The minimum absolute atomic E-state index is 0.193. The van der Waals surface area contributed by atoms with Gasteiger partial charge in [-0.25, -0.2) is 8.78 Å². The second-order valence-electron chi connectivity index (χ2n) is 4.05. The Morgan fingerprint density at radius 1 is 1.37 bits per heavy atom. The van der Waals surface area contributed by atoms with Crippen molar-refractivity contribution in [3.8, 4) is 0 Å². The molecule has 19 heavy (non-hydrogen) atoms. The number of carbonyl (C=O) groups excluding carboxylic acids is 1. The molecule has 1 unspecified atom stereocenters. The lowest BCUT2D eigenvalue weighted by Gasteiger charge is -2.11. The van der Waals surface area contributed by atoms with Gasteiger partial charge in [-0.1, -0.05) is 5.21 Å². The van der Waals surface area contributed by atoms with Crippen LogP contribution in [-0.2, 0) is 0 Å². The maximum atomic E-state index is 13.5. The van der Waals surface area contributed by atoms with Crippen molar-refractivity contribution in [2.45, 2.75) is 19.9 Å². The van der Waals surface area contributed by atoms with E-state index in [2.05, 4.69) is 25.9 Å². The zero-order valence-corrected chi connectivity index (χ0v) is 10.2. The number of aromatic amines is 1. The van der Waals surface area contributed by atoms with Crippen LogP contribution in [0.1, 0.15) is 34.7 Å². The number of benzene rings is 1. The van der Waals surface area contributed by atoms with Crippen molar-refractivity contribution in [3.63, 3.8) is 0 Å². The molecule has 0 saturated carbocycles. The molecule has 2 aromatic rings. The Morgan fingerprint density at radius 3 is 2.74 bits per heavy atom. The number of rotatable bonds is 3. The molecule has 8 heteroatoms. The van der Waals surface area contributed by atoms with Gasteiger partial charge < -0.3 is 5.32 Å². The number of tetrazole rings is 1. The molecule has 0 saturated heterocycles. The Labute approximate surface area is 107 Å². The lowest BCUT2D eigenvalue weighted by molar-refractivity contribution is 0.0934. The van der Waals surface area contributed by atoms with Gasteiger partial charge in [-0.05, 0) is 25.5 Å². The molecule has 1 aromatic heterocycles. The highest BCUT2D eigenvalue weighted by Crippen LogP contribution is 2.15. The molecule has 0 fully saturated rings. The van der Waals surface area contributed by atoms with E-state index in [1.165, 1.54) is 6.92 Å². The summed E-state index contributed by atoms with van der Waals surface area (Å²) in [6.45, 7) is 3.07. The van der Waals surface area contributed by atoms with Gasteiger partial charge in [0.15, 0.2) is 5.82 Å². The van der Waals surface area contributed by atoms with Crippen LogP contribution < -0.4 is 5.32 Å².